The van der Waals surface area contributed by atoms with Gasteiger partial charge in [-0.25, -0.2) is 9.97 Å². The highest BCUT2D eigenvalue weighted by molar-refractivity contribution is 5.93. The average molecular weight is 390 g/mol. The van der Waals surface area contributed by atoms with Crippen molar-refractivity contribution in [1.29, 1.82) is 0 Å². The van der Waals surface area contributed by atoms with E-state index in [9.17, 15) is 4.79 Å². The molecule has 0 spiro atoms. The molecule has 0 bridgehead atoms. The molecular weight excluding hydrogens is 364 g/mol. The molecular formula is C23H26N4O2. The molecule has 0 aliphatic carbocycles. The van der Waals surface area contributed by atoms with Gasteiger partial charge >= 0.3 is 0 Å². The molecule has 0 aliphatic heterocycles. The van der Waals surface area contributed by atoms with Crippen LogP contribution < -0.4 is 15.4 Å². The molecule has 0 fully saturated rings. The van der Waals surface area contributed by atoms with Crippen LogP contribution >= 0.6 is 0 Å². The Bertz CT molecular complexity index is 1000. The highest BCUT2D eigenvalue weighted by atomic mass is 16.5. The van der Waals surface area contributed by atoms with Crippen LogP contribution in [-0.4, -0.2) is 22.0 Å². The average Bonchev–Trinajstić information content (AvgIpc) is 2.67. The second-order valence-electron chi connectivity index (χ2n) is 7.15. The van der Waals surface area contributed by atoms with E-state index in [-0.39, 0.29) is 12.0 Å². The maximum atomic E-state index is 12.6. The van der Waals surface area contributed by atoms with E-state index in [1.165, 1.54) is 0 Å². The van der Waals surface area contributed by atoms with Gasteiger partial charge in [-0.1, -0.05) is 42.0 Å². The number of aryl methyl sites for hydroxylation is 2. The lowest BCUT2D eigenvalue weighted by atomic mass is 10.1. The Morgan fingerprint density at radius 3 is 2.59 bits per heavy atom. The molecule has 0 unspecified atom stereocenters. The number of anilines is 2. The van der Waals surface area contributed by atoms with Gasteiger partial charge in [0.1, 0.15) is 23.1 Å². The van der Waals surface area contributed by atoms with Crippen molar-refractivity contribution in [3.05, 3.63) is 77.2 Å². The van der Waals surface area contributed by atoms with Crippen LogP contribution in [0.2, 0.25) is 0 Å². The zero-order chi connectivity index (χ0) is 20.8. The van der Waals surface area contributed by atoms with Gasteiger partial charge in [0.15, 0.2) is 0 Å². The summed E-state index contributed by atoms with van der Waals surface area (Å²) in [5.41, 5.74) is 3.30. The Morgan fingerprint density at radius 2 is 1.83 bits per heavy atom. The summed E-state index contributed by atoms with van der Waals surface area (Å²) in [4.78, 5) is 21.3. The number of nitrogens with one attached hydrogen (secondary N) is 2. The topological polar surface area (TPSA) is 76.1 Å². The first-order chi connectivity index (χ1) is 13.9. The van der Waals surface area contributed by atoms with Crippen LogP contribution in [0.5, 0.6) is 5.75 Å². The van der Waals surface area contributed by atoms with Crippen LogP contribution in [0.1, 0.15) is 41.3 Å². The van der Waals surface area contributed by atoms with E-state index in [2.05, 4.69) is 20.6 Å². The van der Waals surface area contributed by atoms with E-state index in [1.54, 1.807) is 13.0 Å². The van der Waals surface area contributed by atoms with E-state index < -0.39 is 0 Å². The smallest absolute Gasteiger partial charge is 0.270 e. The predicted molar refractivity (Wildman–Crippen MR) is 115 cm³/mol. The van der Waals surface area contributed by atoms with Gasteiger partial charge in [0.05, 0.1) is 11.8 Å². The maximum Gasteiger partial charge on any atom is 0.270 e. The van der Waals surface area contributed by atoms with Crippen LogP contribution in [0.3, 0.4) is 0 Å². The van der Waals surface area contributed by atoms with Crippen molar-refractivity contribution >= 4 is 17.4 Å². The molecule has 6 nitrogen and oxygen atoms in total. The zero-order valence-electron chi connectivity index (χ0n) is 17.2. The van der Waals surface area contributed by atoms with Crippen molar-refractivity contribution in [2.24, 2.45) is 0 Å². The lowest BCUT2D eigenvalue weighted by Gasteiger charge is -2.15. The largest absolute Gasteiger partial charge is 0.489 e. The van der Waals surface area contributed by atoms with E-state index in [4.69, 9.17) is 4.74 Å². The summed E-state index contributed by atoms with van der Waals surface area (Å²) in [6.45, 7) is 8.18. The van der Waals surface area contributed by atoms with Crippen LogP contribution in [0.15, 0.2) is 54.6 Å². The number of carbonyl (C=O) groups excluding carboxylic acids is 1. The fourth-order valence-corrected chi connectivity index (χ4v) is 2.91. The van der Waals surface area contributed by atoms with Gasteiger partial charge in [0, 0.05) is 12.6 Å². The molecule has 3 rings (SSSR count). The van der Waals surface area contributed by atoms with E-state index in [0.717, 1.165) is 22.6 Å². The molecule has 0 radical (unpaired) electrons. The number of hydrogen-bond acceptors (Lipinski definition) is 5. The van der Waals surface area contributed by atoms with Crippen molar-refractivity contribution in [2.75, 3.05) is 5.32 Å². The minimum atomic E-state index is -0.244. The van der Waals surface area contributed by atoms with Gasteiger partial charge in [-0.05, 0) is 45.4 Å². The SMILES string of the molecule is Cc1cccc(CNC(=O)c2cc(Nc3ccccc3OC(C)C)nc(C)n2)c1. The molecule has 1 amide bonds. The quantitative estimate of drug-likeness (QED) is 0.619. The molecule has 29 heavy (non-hydrogen) atoms. The van der Waals surface area contributed by atoms with Crippen LogP contribution in [0.25, 0.3) is 0 Å². The molecule has 2 N–H and O–H groups in total. The molecule has 1 aromatic heterocycles. The fourth-order valence-electron chi connectivity index (χ4n) is 2.91. The number of aromatic nitrogens is 2. The molecule has 0 aliphatic rings. The molecule has 6 heteroatoms. The number of nitrogens with zero attached hydrogens (tertiary/aromatic N) is 2. The molecule has 0 atom stereocenters. The first-order valence-electron chi connectivity index (χ1n) is 9.63. The third-order valence-corrected chi connectivity index (χ3v) is 4.12. The normalized spacial score (nSPS) is 10.7. The minimum Gasteiger partial charge on any atom is -0.489 e. The third kappa shape index (κ3) is 5.78. The molecule has 0 saturated heterocycles. The number of hydrogen-bond donors (Lipinski definition) is 2. The van der Waals surface area contributed by atoms with Crippen molar-refractivity contribution in [1.82, 2.24) is 15.3 Å². The lowest BCUT2D eigenvalue weighted by Crippen LogP contribution is -2.24. The minimum absolute atomic E-state index is 0.0491. The molecule has 2 aromatic carbocycles. The molecule has 1 heterocycles. The zero-order valence-corrected chi connectivity index (χ0v) is 17.2. The summed E-state index contributed by atoms with van der Waals surface area (Å²) in [5, 5.41) is 6.16. The highest BCUT2D eigenvalue weighted by Crippen LogP contribution is 2.27. The van der Waals surface area contributed by atoms with Gasteiger partial charge in [-0.2, -0.15) is 0 Å². The Labute approximate surface area is 171 Å². The van der Waals surface area contributed by atoms with E-state index in [1.807, 2.05) is 69.3 Å². The second kappa shape index (κ2) is 9.19. The van der Waals surface area contributed by atoms with Gasteiger partial charge in [0.25, 0.3) is 5.91 Å². The number of carbonyl (C=O) groups is 1. The number of amides is 1. The Morgan fingerprint density at radius 1 is 1.03 bits per heavy atom. The monoisotopic (exact) mass is 390 g/mol. The molecule has 0 saturated carbocycles. The number of ether oxygens (including phenoxy) is 1. The van der Waals surface area contributed by atoms with Gasteiger partial charge in [-0.3, -0.25) is 4.79 Å². The van der Waals surface area contributed by atoms with Gasteiger partial charge in [0.2, 0.25) is 0 Å². The van der Waals surface area contributed by atoms with E-state index >= 15 is 0 Å². The van der Waals surface area contributed by atoms with Crippen molar-refractivity contribution < 1.29 is 9.53 Å². The Hall–Kier alpha value is -3.41. The van der Waals surface area contributed by atoms with Gasteiger partial charge < -0.3 is 15.4 Å². The Kier molecular flexibility index (Phi) is 6.44. The van der Waals surface area contributed by atoms with E-state index in [0.29, 0.717) is 23.9 Å². The summed E-state index contributed by atoms with van der Waals surface area (Å²) < 4.78 is 5.84. The van der Waals surface area contributed by atoms with Crippen LogP contribution in [0, 0.1) is 13.8 Å². The standard InChI is InChI=1S/C23H26N4O2/c1-15(2)29-21-11-6-5-10-19(21)27-22-13-20(25-17(4)26-22)23(28)24-14-18-9-7-8-16(3)12-18/h5-13,15H,14H2,1-4H3,(H,24,28)(H,25,26,27). The van der Waals surface area contributed by atoms with Crippen LogP contribution in [-0.2, 0) is 6.54 Å². The summed E-state index contributed by atoms with van der Waals surface area (Å²) in [7, 11) is 0. The van der Waals surface area contributed by atoms with Crippen LogP contribution in [0.4, 0.5) is 11.5 Å². The maximum absolute atomic E-state index is 12.6. The second-order valence-corrected chi connectivity index (χ2v) is 7.15. The third-order valence-electron chi connectivity index (χ3n) is 4.12. The van der Waals surface area contributed by atoms with Crippen molar-refractivity contribution in [3.8, 4) is 5.75 Å². The lowest BCUT2D eigenvalue weighted by molar-refractivity contribution is 0.0945. The number of rotatable bonds is 7. The van der Waals surface area contributed by atoms with Gasteiger partial charge in [-0.15, -0.1) is 0 Å². The molecule has 3 aromatic rings. The first kappa shape index (κ1) is 20.3. The number of para-hydroxylation sites is 2. The summed E-state index contributed by atoms with van der Waals surface area (Å²) in [6.07, 6.45) is 0.0491. The highest BCUT2D eigenvalue weighted by Gasteiger charge is 2.12. The fraction of sp³-hybridized carbons (Fsp3) is 0.261. The predicted octanol–water partition coefficient (Wildman–Crippen LogP) is 4.55. The molecule has 150 valence electrons. The summed E-state index contributed by atoms with van der Waals surface area (Å²) in [5.74, 6) is 1.53. The van der Waals surface area contributed by atoms with Crippen molar-refractivity contribution in [2.45, 2.75) is 40.3 Å². The van der Waals surface area contributed by atoms with Crippen molar-refractivity contribution in [3.63, 3.8) is 0 Å². The number of benzene rings is 2. The first-order valence-corrected chi connectivity index (χ1v) is 9.63. The Balaban J connectivity index is 1.75. The summed E-state index contributed by atoms with van der Waals surface area (Å²) >= 11 is 0. The summed E-state index contributed by atoms with van der Waals surface area (Å²) in [6, 6.07) is 17.3.